The summed E-state index contributed by atoms with van der Waals surface area (Å²) in [6.07, 6.45) is 9.56. The Kier molecular flexibility index (Phi) is 9.74. The molecule has 1 aromatic carbocycles. The second-order valence-electron chi connectivity index (χ2n) is 8.94. The highest BCUT2D eigenvalue weighted by Crippen LogP contribution is 2.34. The number of piperidine rings is 1. The fraction of sp³-hybridized carbons (Fsp3) is 0.500. The maximum atomic E-state index is 13.0. The highest BCUT2D eigenvalue weighted by Gasteiger charge is 2.24. The summed E-state index contributed by atoms with van der Waals surface area (Å²) in [6.45, 7) is 4.68. The Bertz CT molecular complexity index is 1010. The molecular formula is C26H33ClN2O6. The van der Waals surface area contributed by atoms with Crippen molar-refractivity contribution in [2.75, 3.05) is 19.7 Å². The third-order valence-corrected chi connectivity index (χ3v) is 6.42. The first-order valence-corrected chi connectivity index (χ1v) is 12.3. The number of carbonyl (C=O) groups is 2. The van der Waals surface area contributed by atoms with Crippen molar-refractivity contribution in [1.82, 2.24) is 4.90 Å². The standard InChI is InChI=1S/C26H33ClN2O6/c1-17-14-22(31)25(27)21-15-19(28-34-16-23(32)29-12-4-3-5-13-29)9-7-11-20(30)10-6-8-18(2)35-26(33)24(17)21/h6-7,9-10,14,18,20,30-31H,3-5,8,11-13,15-16H2,1-2H3/b9-7+,10-6+,28-19+/t18-,20?/m1/s1. The first-order chi connectivity index (χ1) is 16.8. The minimum Gasteiger partial charge on any atom is -0.506 e. The minimum atomic E-state index is -0.720. The Morgan fingerprint density at radius 2 is 2.00 bits per heavy atom. The van der Waals surface area contributed by atoms with Crippen LogP contribution in [-0.2, 0) is 20.8 Å². The number of aromatic hydroxyl groups is 1. The van der Waals surface area contributed by atoms with Crippen LogP contribution in [0.5, 0.6) is 5.75 Å². The van der Waals surface area contributed by atoms with Crippen LogP contribution in [0.15, 0.2) is 35.5 Å². The molecule has 190 valence electrons. The molecule has 0 saturated carbocycles. The van der Waals surface area contributed by atoms with Gasteiger partial charge in [-0.1, -0.05) is 35.0 Å². The average molecular weight is 505 g/mol. The molecule has 2 N–H and O–H groups in total. The van der Waals surface area contributed by atoms with Crippen molar-refractivity contribution < 1.29 is 29.4 Å². The van der Waals surface area contributed by atoms with E-state index in [2.05, 4.69) is 5.16 Å². The van der Waals surface area contributed by atoms with Gasteiger partial charge in [-0.25, -0.2) is 4.79 Å². The maximum Gasteiger partial charge on any atom is 0.339 e. The number of likely N-dealkylation sites (tertiary alicyclic amines) is 1. The van der Waals surface area contributed by atoms with E-state index in [1.165, 1.54) is 6.07 Å². The number of benzene rings is 1. The Hall–Kier alpha value is -2.84. The number of oxime groups is 1. The number of amides is 1. The number of hydrogen-bond acceptors (Lipinski definition) is 7. The number of halogens is 1. The lowest BCUT2D eigenvalue weighted by Gasteiger charge is -2.26. The van der Waals surface area contributed by atoms with Crippen LogP contribution in [0.4, 0.5) is 0 Å². The number of phenolic OH excluding ortho intramolecular Hbond substituents is 1. The van der Waals surface area contributed by atoms with Crippen LogP contribution in [0.3, 0.4) is 0 Å². The number of carbonyl (C=O) groups excluding carboxylic acids is 2. The van der Waals surface area contributed by atoms with E-state index >= 15 is 0 Å². The molecule has 1 amide bonds. The van der Waals surface area contributed by atoms with Gasteiger partial charge in [-0.3, -0.25) is 4.79 Å². The summed E-state index contributed by atoms with van der Waals surface area (Å²) in [5.74, 6) is -0.862. The first-order valence-electron chi connectivity index (χ1n) is 12.0. The predicted molar refractivity (Wildman–Crippen MR) is 134 cm³/mol. The van der Waals surface area contributed by atoms with E-state index in [9.17, 15) is 19.8 Å². The number of aliphatic hydroxyl groups is 1. The van der Waals surface area contributed by atoms with Crippen molar-refractivity contribution in [3.63, 3.8) is 0 Å². The van der Waals surface area contributed by atoms with Gasteiger partial charge in [-0.05, 0) is 62.8 Å². The number of hydrogen-bond donors (Lipinski definition) is 2. The number of allylic oxidation sites excluding steroid dienone is 1. The molecule has 2 aliphatic heterocycles. The Labute approximate surface area is 210 Å². The lowest BCUT2D eigenvalue weighted by Crippen LogP contribution is -2.37. The van der Waals surface area contributed by atoms with E-state index in [1.807, 2.05) is 0 Å². The Morgan fingerprint density at radius 1 is 1.26 bits per heavy atom. The smallest absolute Gasteiger partial charge is 0.339 e. The quantitative estimate of drug-likeness (QED) is 0.364. The second-order valence-corrected chi connectivity index (χ2v) is 9.32. The van der Waals surface area contributed by atoms with E-state index in [4.69, 9.17) is 21.2 Å². The number of aryl methyl sites for hydroxylation is 1. The van der Waals surface area contributed by atoms with E-state index in [0.717, 1.165) is 19.3 Å². The van der Waals surface area contributed by atoms with Crippen LogP contribution >= 0.6 is 11.6 Å². The molecule has 9 heteroatoms. The molecular weight excluding hydrogens is 472 g/mol. The van der Waals surface area contributed by atoms with E-state index in [0.29, 0.717) is 42.8 Å². The molecule has 1 fully saturated rings. The number of esters is 1. The molecule has 35 heavy (non-hydrogen) atoms. The van der Waals surface area contributed by atoms with E-state index in [-0.39, 0.29) is 35.3 Å². The zero-order valence-corrected chi connectivity index (χ0v) is 21.0. The molecule has 1 unspecified atom stereocenters. The molecule has 0 radical (unpaired) electrons. The number of rotatable bonds is 3. The summed E-state index contributed by atoms with van der Waals surface area (Å²) in [4.78, 5) is 32.6. The summed E-state index contributed by atoms with van der Waals surface area (Å²) in [5.41, 5.74) is 1.50. The van der Waals surface area contributed by atoms with Crippen LogP contribution in [0.1, 0.15) is 60.5 Å². The van der Waals surface area contributed by atoms with Crippen molar-refractivity contribution in [2.45, 2.75) is 64.6 Å². The number of ether oxygens (including phenoxy) is 1. The highest BCUT2D eigenvalue weighted by molar-refractivity contribution is 6.33. The van der Waals surface area contributed by atoms with Gasteiger partial charge in [0.15, 0.2) is 6.61 Å². The molecule has 0 aliphatic carbocycles. The number of fused-ring (bicyclic) bond motifs is 1. The van der Waals surface area contributed by atoms with Gasteiger partial charge in [0.25, 0.3) is 5.91 Å². The molecule has 0 aromatic heterocycles. The molecule has 2 aliphatic rings. The third kappa shape index (κ3) is 7.57. The predicted octanol–water partition coefficient (Wildman–Crippen LogP) is 4.09. The molecule has 1 aromatic rings. The van der Waals surface area contributed by atoms with Gasteiger partial charge in [0.05, 0.1) is 22.4 Å². The normalized spacial score (nSPS) is 24.7. The number of nitrogens with zero attached hydrogens (tertiary/aromatic N) is 2. The lowest BCUT2D eigenvalue weighted by atomic mass is 9.96. The highest BCUT2D eigenvalue weighted by atomic mass is 35.5. The minimum absolute atomic E-state index is 0.0210. The number of phenols is 1. The van der Waals surface area contributed by atoms with Crippen LogP contribution in [0.25, 0.3) is 0 Å². The largest absolute Gasteiger partial charge is 0.506 e. The average Bonchev–Trinajstić information content (AvgIpc) is 2.82. The summed E-state index contributed by atoms with van der Waals surface area (Å²) >= 11 is 6.42. The topological polar surface area (TPSA) is 109 Å². The Morgan fingerprint density at radius 3 is 2.74 bits per heavy atom. The van der Waals surface area contributed by atoms with Crippen LogP contribution in [0.2, 0.25) is 5.02 Å². The van der Waals surface area contributed by atoms with Gasteiger partial charge in [0, 0.05) is 25.9 Å². The fourth-order valence-electron chi connectivity index (χ4n) is 4.14. The molecule has 8 nitrogen and oxygen atoms in total. The summed E-state index contributed by atoms with van der Waals surface area (Å²) < 4.78 is 5.60. The van der Waals surface area contributed by atoms with Crippen molar-refractivity contribution in [3.05, 3.63) is 52.1 Å². The second kappa shape index (κ2) is 12.7. The molecule has 3 rings (SSSR count). The summed E-state index contributed by atoms with van der Waals surface area (Å²) in [7, 11) is 0. The lowest BCUT2D eigenvalue weighted by molar-refractivity contribution is -0.137. The van der Waals surface area contributed by atoms with Crippen molar-refractivity contribution in [3.8, 4) is 5.75 Å². The molecule has 1 saturated heterocycles. The molecule has 2 heterocycles. The first kappa shape index (κ1) is 26.8. The van der Waals surface area contributed by atoms with Gasteiger partial charge >= 0.3 is 5.97 Å². The summed E-state index contributed by atoms with van der Waals surface area (Å²) in [5, 5.41) is 24.7. The van der Waals surface area contributed by atoms with E-state index in [1.54, 1.807) is 43.1 Å². The number of aliphatic hydroxyl groups excluding tert-OH is 1. The van der Waals surface area contributed by atoms with Crippen LogP contribution in [-0.4, -0.2) is 64.6 Å². The van der Waals surface area contributed by atoms with Gasteiger partial charge in [-0.2, -0.15) is 0 Å². The van der Waals surface area contributed by atoms with Gasteiger partial charge in [-0.15, -0.1) is 0 Å². The van der Waals surface area contributed by atoms with Crippen molar-refractivity contribution >= 4 is 29.2 Å². The Balaban J connectivity index is 1.91. The molecule has 2 atom stereocenters. The van der Waals surface area contributed by atoms with Gasteiger partial charge in [0.1, 0.15) is 11.9 Å². The van der Waals surface area contributed by atoms with E-state index < -0.39 is 18.2 Å². The maximum absolute atomic E-state index is 13.0. The number of cyclic esters (lactones) is 1. The van der Waals surface area contributed by atoms with Gasteiger partial charge < -0.3 is 24.7 Å². The van der Waals surface area contributed by atoms with Gasteiger partial charge in [0.2, 0.25) is 0 Å². The zero-order chi connectivity index (χ0) is 25.4. The monoisotopic (exact) mass is 504 g/mol. The summed E-state index contributed by atoms with van der Waals surface area (Å²) in [6, 6.07) is 1.42. The molecule has 0 bridgehead atoms. The van der Waals surface area contributed by atoms with Crippen LogP contribution < -0.4 is 0 Å². The van der Waals surface area contributed by atoms with Crippen molar-refractivity contribution in [1.29, 1.82) is 0 Å². The van der Waals surface area contributed by atoms with Crippen LogP contribution in [0, 0.1) is 6.92 Å². The molecule has 0 spiro atoms. The zero-order valence-electron chi connectivity index (χ0n) is 20.2. The fourth-order valence-corrected chi connectivity index (χ4v) is 4.36. The third-order valence-electron chi connectivity index (χ3n) is 6.00. The van der Waals surface area contributed by atoms with Crippen molar-refractivity contribution in [2.24, 2.45) is 5.16 Å². The SMILES string of the molecule is Cc1cc(O)c(Cl)c2c1C(=O)O[C@H](C)C/C=C/C(O)C/C=C/C(=N\OCC(=O)N1CCCCC1)C2.